The number of hydrogen-bond donors (Lipinski definition) is 3. The molecule has 0 radical (unpaired) electrons. The van der Waals surface area contributed by atoms with E-state index < -0.39 is 0 Å². The summed E-state index contributed by atoms with van der Waals surface area (Å²) in [5.41, 5.74) is 0.853. The average molecular weight is 399 g/mol. The lowest BCUT2D eigenvalue weighted by Gasteiger charge is -2.29. The van der Waals surface area contributed by atoms with E-state index in [1.165, 1.54) is 0 Å². The molecule has 1 atom stereocenters. The molecule has 1 aliphatic rings. The quantitative estimate of drug-likeness (QED) is 0.662. The van der Waals surface area contributed by atoms with E-state index in [4.69, 9.17) is 0 Å². The summed E-state index contributed by atoms with van der Waals surface area (Å²) in [6, 6.07) is 3.93. The molecule has 1 unspecified atom stereocenters. The second kappa shape index (κ2) is 9.62. The van der Waals surface area contributed by atoms with Gasteiger partial charge in [-0.15, -0.1) is 0 Å². The Balaban J connectivity index is 1.43. The summed E-state index contributed by atoms with van der Waals surface area (Å²) in [5.74, 6) is 1.61. The van der Waals surface area contributed by atoms with Gasteiger partial charge in [-0.2, -0.15) is 5.10 Å². The van der Waals surface area contributed by atoms with E-state index in [-0.39, 0.29) is 36.2 Å². The van der Waals surface area contributed by atoms with Crippen LogP contribution in [0.4, 0.5) is 0 Å². The predicted molar refractivity (Wildman–Crippen MR) is 110 cm³/mol. The van der Waals surface area contributed by atoms with Crippen molar-refractivity contribution in [3.05, 3.63) is 30.4 Å². The molecule has 2 heterocycles. The first-order valence-corrected chi connectivity index (χ1v) is 10.3. The first-order chi connectivity index (χ1) is 13.9. The van der Waals surface area contributed by atoms with Crippen molar-refractivity contribution in [1.29, 1.82) is 0 Å². The standard InChI is InChI=1S/C21H30N6O2/c1-13(2)14(3)23-21(29)16-4-6-17(7-5-16)24-19(28)12-18-25-20(27-26-18)15-8-10-22-11-9-15/h8-11,13-14,16-17H,4-7,12H2,1-3H3,(H,23,29)(H,24,28)(H,25,26,27). The van der Waals surface area contributed by atoms with E-state index in [9.17, 15) is 9.59 Å². The summed E-state index contributed by atoms with van der Waals surface area (Å²) in [5, 5.41) is 13.2. The van der Waals surface area contributed by atoms with E-state index in [2.05, 4.69) is 44.6 Å². The minimum absolute atomic E-state index is 0.0431. The van der Waals surface area contributed by atoms with Gasteiger partial charge in [0.2, 0.25) is 11.8 Å². The number of carbonyl (C=O) groups excluding carboxylic acids is 2. The van der Waals surface area contributed by atoms with Gasteiger partial charge < -0.3 is 10.6 Å². The fourth-order valence-electron chi connectivity index (χ4n) is 3.44. The van der Waals surface area contributed by atoms with Gasteiger partial charge in [-0.05, 0) is 50.7 Å². The predicted octanol–water partition coefficient (Wildman–Crippen LogP) is 2.24. The van der Waals surface area contributed by atoms with Gasteiger partial charge in [-0.1, -0.05) is 13.8 Å². The number of carbonyl (C=O) groups is 2. The first-order valence-electron chi connectivity index (χ1n) is 10.3. The highest BCUT2D eigenvalue weighted by Gasteiger charge is 2.28. The molecule has 0 aromatic carbocycles. The Hall–Kier alpha value is -2.77. The molecule has 8 nitrogen and oxygen atoms in total. The monoisotopic (exact) mass is 398 g/mol. The second-order valence-electron chi connectivity index (χ2n) is 8.18. The topological polar surface area (TPSA) is 113 Å². The molecule has 2 aromatic heterocycles. The molecule has 29 heavy (non-hydrogen) atoms. The highest BCUT2D eigenvalue weighted by atomic mass is 16.2. The zero-order chi connectivity index (χ0) is 20.8. The SMILES string of the molecule is CC(C)C(C)NC(=O)C1CCC(NC(=O)Cc2nc(-c3ccncc3)n[nH]2)CC1. The number of H-pyrrole nitrogens is 1. The highest BCUT2D eigenvalue weighted by molar-refractivity contribution is 5.79. The lowest BCUT2D eigenvalue weighted by Crippen LogP contribution is -2.44. The van der Waals surface area contributed by atoms with Crippen LogP contribution >= 0.6 is 0 Å². The van der Waals surface area contributed by atoms with Crippen LogP contribution in [0.15, 0.2) is 24.5 Å². The molecule has 0 bridgehead atoms. The van der Waals surface area contributed by atoms with Crippen LogP contribution in [0.25, 0.3) is 11.4 Å². The Bertz CT molecular complexity index is 812. The Morgan fingerprint density at radius 3 is 2.48 bits per heavy atom. The number of nitrogens with one attached hydrogen (secondary N) is 3. The minimum Gasteiger partial charge on any atom is -0.353 e. The van der Waals surface area contributed by atoms with Crippen molar-refractivity contribution in [2.75, 3.05) is 0 Å². The second-order valence-corrected chi connectivity index (χ2v) is 8.18. The van der Waals surface area contributed by atoms with Crippen molar-refractivity contribution < 1.29 is 9.59 Å². The van der Waals surface area contributed by atoms with E-state index >= 15 is 0 Å². The van der Waals surface area contributed by atoms with Crippen molar-refractivity contribution in [3.8, 4) is 11.4 Å². The van der Waals surface area contributed by atoms with E-state index in [1.54, 1.807) is 12.4 Å². The zero-order valence-corrected chi connectivity index (χ0v) is 17.3. The summed E-state index contributed by atoms with van der Waals surface area (Å²) in [6.07, 6.45) is 6.75. The Kier molecular flexibility index (Phi) is 6.95. The fraction of sp³-hybridized carbons (Fsp3) is 0.571. The van der Waals surface area contributed by atoms with Gasteiger partial charge >= 0.3 is 0 Å². The molecule has 1 aliphatic carbocycles. The van der Waals surface area contributed by atoms with Crippen molar-refractivity contribution in [2.45, 2.75) is 65.0 Å². The van der Waals surface area contributed by atoms with Crippen LogP contribution in [0.5, 0.6) is 0 Å². The zero-order valence-electron chi connectivity index (χ0n) is 17.3. The van der Waals surface area contributed by atoms with Gasteiger partial charge in [0.1, 0.15) is 5.82 Å². The summed E-state index contributed by atoms with van der Waals surface area (Å²) in [6.45, 7) is 6.25. The molecule has 3 rings (SSSR count). The first kappa shape index (κ1) is 21.0. The molecule has 3 N–H and O–H groups in total. The van der Waals surface area contributed by atoms with Crippen LogP contribution in [-0.2, 0) is 16.0 Å². The number of rotatable bonds is 7. The van der Waals surface area contributed by atoms with Gasteiger partial charge in [0.15, 0.2) is 5.82 Å². The summed E-state index contributed by atoms with van der Waals surface area (Å²) >= 11 is 0. The molecule has 2 amide bonds. The van der Waals surface area contributed by atoms with Crippen LogP contribution in [0, 0.1) is 11.8 Å². The van der Waals surface area contributed by atoms with E-state index in [0.29, 0.717) is 17.6 Å². The minimum atomic E-state index is -0.0799. The van der Waals surface area contributed by atoms with Crippen LogP contribution in [0.1, 0.15) is 52.3 Å². The number of aromatic nitrogens is 4. The Labute approximate surface area is 171 Å². The van der Waals surface area contributed by atoms with Crippen LogP contribution in [-0.4, -0.2) is 44.1 Å². The summed E-state index contributed by atoms with van der Waals surface area (Å²) in [4.78, 5) is 33.1. The third kappa shape index (κ3) is 5.85. The van der Waals surface area contributed by atoms with E-state index in [0.717, 1.165) is 31.2 Å². The van der Waals surface area contributed by atoms with Crippen LogP contribution in [0.3, 0.4) is 0 Å². The Morgan fingerprint density at radius 2 is 1.83 bits per heavy atom. The molecule has 1 saturated carbocycles. The number of hydrogen-bond acceptors (Lipinski definition) is 5. The van der Waals surface area contributed by atoms with Crippen LogP contribution in [0.2, 0.25) is 0 Å². The summed E-state index contributed by atoms with van der Waals surface area (Å²) in [7, 11) is 0. The molecule has 0 aliphatic heterocycles. The highest BCUT2D eigenvalue weighted by Crippen LogP contribution is 2.25. The molecule has 1 fully saturated rings. The normalized spacial score (nSPS) is 20.3. The van der Waals surface area contributed by atoms with Crippen molar-refractivity contribution in [1.82, 2.24) is 30.8 Å². The third-order valence-corrected chi connectivity index (χ3v) is 5.63. The van der Waals surface area contributed by atoms with Gasteiger partial charge in [0, 0.05) is 36.0 Å². The lowest BCUT2D eigenvalue weighted by atomic mass is 9.85. The molecule has 0 saturated heterocycles. The number of amides is 2. The molecule has 0 spiro atoms. The molecular formula is C21H30N6O2. The van der Waals surface area contributed by atoms with Gasteiger partial charge in [0.05, 0.1) is 6.42 Å². The largest absolute Gasteiger partial charge is 0.353 e. The Morgan fingerprint density at radius 1 is 1.14 bits per heavy atom. The average Bonchev–Trinajstić information content (AvgIpc) is 3.17. The lowest BCUT2D eigenvalue weighted by molar-refractivity contribution is -0.127. The van der Waals surface area contributed by atoms with Gasteiger partial charge in [0.25, 0.3) is 0 Å². The maximum absolute atomic E-state index is 12.4. The van der Waals surface area contributed by atoms with E-state index in [1.807, 2.05) is 19.1 Å². The maximum Gasteiger partial charge on any atom is 0.227 e. The number of aromatic amines is 1. The summed E-state index contributed by atoms with van der Waals surface area (Å²) < 4.78 is 0. The number of pyridine rings is 1. The molecule has 8 heteroatoms. The number of nitrogens with zero attached hydrogens (tertiary/aromatic N) is 3. The van der Waals surface area contributed by atoms with Crippen molar-refractivity contribution >= 4 is 11.8 Å². The maximum atomic E-state index is 12.4. The molecule has 2 aromatic rings. The van der Waals surface area contributed by atoms with Crippen LogP contribution < -0.4 is 10.6 Å². The molecular weight excluding hydrogens is 368 g/mol. The van der Waals surface area contributed by atoms with Gasteiger partial charge in [-0.25, -0.2) is 4.98 Å². The van der Waals surface area contributed by atoms with Crippen molar-refractivity contribution in [3.63, 3.8) is 0 Å². The fourth-order valence-corrected chi connectivity index (χ4v) is 3.44. The third-order valence-electron chi connectivity index (χ3n) is 5.63. The van der Waals surface area contributed by atoms with Gasteiger partial charge in [-0.3, -0.25) is 19.7 Å². The van der Waals surface area contributed by atoms with Crippen molar-refractivity contribution in [2.24, 2.45) is 11.8 Å². The molecule has 156 valence electrons. The smallest absolute Gasteiger partial charge is 0.227 e.